The quantitative estimate of drug-likeness (QED) is 0.652. The summed E-state index contributed by atoms with van der Waals surface area (Å²) in [6.45, 7) is 4.77. The zero-order valence-electron chi connectivity index (χ0n) is 15.3. The maximum Gasteiger partial charge on any atom is 0.253 e. The summed E-state index contributed by atoms with van der Waals surface area (Å²) in [5.74, 6) is -0.218. The zero-order valence-corrected chi connectivity index (χ0v) is 16.1. The lowest BCUT2D eigenvalue weighted by Crippen LogP contribution is -2.30. The second-order valence-electron chi connectivity index (χ2n) is 6.06. The Bertz CT molecular complexity index is 1040. The number of para-hydroxylation sites is 1. The normalized spacial score (nSPS) is 11.8. The fraction of sp³-hybridized carbons (Fsp3) is 0.263. The molecule has 1 amide bonds. The molecule has 0 saturated carbocycles. The van der Waals surface area contributed by atoms with Crippen LogP contribution in [0.2, 0.25) is 0 Å². The van der Waals surface area contributed by atoms with Crippen molar-refractivity contribution in [3.05, 3.63) is 59.8 Å². The summed E-state index contributed by atoms with van der Waals surface area (Å²) >= 11 is 0. The Hall–Kier alpha value is -2.71. The lowest BCUT2D eigenvalue weighted by atomic mass is 10.1. The number of rotatable bonds is 7. The zero-order chi connectivity index (χ0) is 19.4. The monoisotopic (exact) mass is 386 g/mol. The molecule has 8 heteroatoms. The van der Waals surface area contributed by atoms with Gasteiger partial charge in [0.05, 0.1) is 22.2 Å². The standard InChI is InChI=1S/C19H22N4O3S/c1-3-23(4-2)27(25,26)16-10-8-14(9-11-16)12-20-19(24)17-7-5-6-15-13-21-22-18(15)17/h5-11,13H,3-4,12H2,1-2H3,(H,20,24)(H,21,22). The molecule has 0 fully saturated rings. The molecule has 2 aromatic carbocycles. The van der Waals surface area contributed by atoms with E-state index in [1.807, 2.05) is 19.9 Å². The number of carbonyl (C=O) groups excluding carboxylic acids is 1. The predicted molar refractivity (Wildman–Crippen MR) is 104 cm³/mol. The van der Waals surface area contributed by atoms with E-state index in [1.54, 1.807) is 42.6 Å². The van der Waals surface area contributed by atoms with Crippen molar-refractivity contribution in [2.75, 3.05) is 13.1 Å². The van der Waals surface area contributed by atoms with Gasteiger partial charge in [0.2, 0.25) is 10.0 Å². The van der Waals surface area contributed by atoms with Gasteiger partial charge in [0.25, 0.3) is 5.91 Å². The number of benzene rings is 2. The van der Waals surface area contributed by atoms with Gasteiger partial charge >= 0.3 is 0 Å². The van der Waals surface area contributed by atoms with Crippen LogP contribution in [0.4, 0.5) is 0 Å². The smallest absolute Gasteiger partial charge is 0.253 e. The van der Waals surface area contributed by atoms with Gasteiger partial charge in [-0.15, -0.1) is 0 Å². The Morgan fingerprint density at radius 2 is 1.81 bits per heavy atom. The van der Waals surface area contributed by atoms with Crippen LogP contribution in [0.3, 0.4) is 0 Å². The first kappa shape index (κ1) is 19.1. The average molecular weight is 386 g/mol. The largest absolute Gasteiger partial charge is 0.348 e. The molecule has 0 radical (unpaired) electrons. The Morgan fingerprint density at radius 3 is 2.48 bits per heavy atom. The van der Waals surface area contributed by atoms with E-state index in [9.17, 15) is 13.2 Å². The minimum Gasteiger partial charge on any atom is -0.348 e. The van der Waals surface area contributed by atoms with E-state index in [0.29, 0.717) is 30.7 Å². The number of sulfonamides is 1. The molecule has 0 spiro atoms. The summed E-state index contributed by atoms with van der Waals surface area (Å²) in [5.41, 5.74) is 2.03. The van der Waals surface area contributed by atoms with Crippen LogP contribution in [-0.4, -0.2) is 41.9 Å². The molecule has 0 aliphatic carbocycles. The molecule has 0 aliphatic heterocycles. The number of carbonyl (C=O) groups is 1. The molecule has 2 N–H and O–H groups in total. The van der Waals surface area contributed by atoms with E-state index >= 15 is 0 Å². The van der Waals surface area contributed by atoms with Crippen LogP contribution in [0.25, 0.3) is 10.9 Å². The highest BCUT2D eigenvalue weighted by atomic mass is 32.2. The lowest BCUT2D eigenvalue weighted by molar-refractivity contribution is 0.0952. The number of nitrogens with one attached hydrogen (secondary N) is 2. The number of H-pyrrole nitrogens is 1. The van der Waals surface area contributed by atoms with Gasteiger partial charge in [0, 0.05) is 25.0 Å². The SMILES string of the molecule is CCN(CC)S(=O)(=O)c1ccc(CNC(=O)c2cccc3cn[nH]c23)cc1. The van der Waals surface area contributed by atoms with Crippen molar-refractivity contribution >= 4 is 26.8 Å². The van der Waals surface area contributed by atoms with Crippen LogP contribution in [0.15, 0.2) is 53.6 Å². The topological polar surface area (TPSA) is 95.2 Å². The van der Waals surface area contributed by atoms with Gasteiger partial charge in [-0.3, -0.25) is 9.89 Å². The Morgan fingerprint density at radius 1 is 1.11 bits per heavy atom. The third-order valence-electron chi connectivity index (χ3n) is 4.44. The summed E-state index contributed by atoms with van der Waals surface area (Å²) in [5, 5.41) is 10.5. The summed E-state index contributed by atoms with van der Waals surface area (Å²) in [6.07, 6.45) is 1.67. The molecule has 0 atom stereocenters. The highest BCUT2D eigenvalue weighted by Crippen LogP contribution is 2.17. The van der Waals surface area contributed by atoms with Gasteiger partial charge < -0.3 is 5.32 Å². The average Bonchev–Trinajstić information content (AvgIpc) is 3.16. The second-order valence-corrected chi connectivity index (χ2v) is 7.99. The first-order valence-corrected chi connectivity index (χ1v) is 10.2. The van der Waals surface area contributed by atoms with Crippen molar-refractivity contribution < 1.29 is 13.2 Å². The van der Waals surface area contributed by atoms with Crippen molar-refractivity contribution in [2.45, 2.75) is 25.3 Å². The molecule has 0 unspecified atom stereocenters. The lowest BCUT2D eigenvalue weighted by Gasteiger charge is -2.18. The van der Waals surface area contributed by atoms with Crippen LogP contribution in [0.5, 0.6) is 0 Å². The van der Waals surface area contributed by atoms with Gasteiger partial charge in [0.1, 0.15) is 0 Å². The highest BCUT2D eigenvalue weighted by Gasteiger charge is 2.21. The molecule has 1 heterocycles. The first-order valence-electron chi connectivity index (χ1n) is 8.76. The van der Waals surface area contributed by atoms with E-state index in [-0.39, 0.29) is 10.8 Å². The highest BCUT2D eigenvalue weighted by molar-refractivity contribution is 7.89. The van der Waals surface area contributed by atoms with Crippen molar-refractivity contribution in [3.63, 3.8) is 0 Å². The number of amides is 1. The van der Waals surface area contributed by atoms with Crippen molar-refractivity contribution in [1.29, 1.82) is 0 Å². The summed E-state index contributed by atoms with van der Waals surface area (Å²) in [6, 6.07) is 12.0. The molecule has 0 saturated heterocycles. The van der Waals surface area contributed by atoms with Gasteiger partial charge in [-0.05, 0) is 23.8 Å². The van der Waals surface area contributed by atoms with Crippen molar-refractivity contribution in [2.24, 2.45) is 0 Å². The van der Waals surface area contributed by atoms with Crippen LogP contribution in [0.1, 0.15) is 29.8 Å². The molecule has 0 bridgehead atoms. The number of nitrogens with zero attached hydrogens (tertiary/aromatic N) is 2. The third-order valence-corrected chi connectivity index (χ3v) is 6.51. The predicted octanol–water partition coefficient (Wildman–Crippen LogP) is 2.52. The van der Waals surface area contributed by atoms with E-state index < -0.39 is 10.0 Å². The molecule has 1 aromatic heterocycles. The number of aromatic nitrogens is 2. The first-order chi connectivity index (χ1) is 13.0. The maximum absolute atomic E-state index is 12.5. The van der Waals surface area contributed by atoms with Crippen LogP contribution >= 0.6 is 0 Å². The van der Waals surface area contributed by atoms with E-state index in [0.717, 1.165) is 10.9 Å². The van der Waals surface area contributed by atoms with Gasteiger partial charge in [-0.25, -0.2) is 8.42 Å². The number of hydrogen-bond acceptors (Lipinski definition) is 4. The van der Waals surface area contributed by atoms with Crippen molar-refractivity contribution in [3.8, 4) is 0 Å². The number of hydrogen-bond donors (Lipinski definition) is 2. The van der Waals surface area contributed by atoms with Gasteiger partial charge in [-0.2, -0.15) is 9.40 Å². The molecule has 7 nitrogen and oxygen atoms in total. The molecule has 142 valence electrons. The maximum atomic E-state index is 12.5. The molecule has 27 heavy (non-hydrogen) atoms. The van der Waals surface area contributed by atoms with Crippen LogP contribution < -0.4 is 5.32 Å². The van der Waals surface area contributed by atoms with E-state index in [4.69, 9.17) is 0 Å². The van der Waals surface area contributed by atoms with Gasteiger partial charge in [0.15, 0.2) is 0 Å². The number of aromatic amines is 1. The molecule has 3 rings (SSSR count). The summed E-state index contributed by atoms with van der Waals surface area (Å²) in [7, 11) is -3.48. The second kappa shape index (κ2) is 7.89. The van der Waals surface area contributed by atoms with E-state index in [2.05, 4.69) is 15.5 Å². The Balaban J connectivity index is 1.70. The van der Waals surface area contributed by atoms with E-state index in [1.165, 1.54) is 4.31 Å². The molecular formula is C19H22N4O3S. The molecular weight excluding hydrogens is 364 g/mol. The minimum atomic E-state index is -3.48. The third kappa shape index (κ3) is 3.86. The van der Waals surface area contributed by atoms with Crippen LogP contribution in [0, 0.1) is 0 Å². The fourth-order valence-corrected chi connectivity index (χ4v) is 4.39. The Kier molecular flexibility index (Phi) is 5.57. The summed E-state index contributed by atoms with van der Waals surface area (Å²) in [4.78, 5) is 12.7. The minimum absolute atomic E-state index is 0.218. The Labute approximate surface area is 158 Å². The number of fused-ring (bicyclic) bond motifs is 1. The van der Waals surface area contributed by atoms with Crippen LogP contribution in [-0.2, 0) is 16.6 Å². The molecule has 3 aromatic rings. The van der Waals surface area contributed by atoms with Gasteiger partial charge in [-0.1, -0.05) is 38.1 Å². The molecule has 0 aliphatic rings. The summed E-state index contributed by atoms with van der Waals surface area (Å²) < 4.78 is 26.4. The van der Waals surface area contributed by atoms with Crippen molar-refractivity contribution in [1.82, 2.24) is 19.8 Å². The fourth-order valence-electron chi connectivity index (χ4n) is 2.93.